The van der Waals surface area contributed by atoms with Gasteiger partial charge in [-0.05, 0) is 39.3 Å². The fourth-order valence-corrected chi connectivity index (χ4v) is 2.48. The Morgan fingerprint density at radius 3 is 2.44 bits per heavy atom. The second-order valence-electron chi connectivity index (χ2n) is 5.33. The van der Waals surface area contributed by atoms with E-state index in [0.717, 1.165) is 26.2 Å². The number of carbonyl (C=O) groups is 1. The second-order valence-corrected chi connectivity index (χ2v) is 5.77. The molecule has 18 heavy (non-hydrogen) atoms. The van der Waals surface area contributed by atoms with E-state index in [4.69, 9.17) is 18.0 Å². The SMILES string of the molecule is CCC(C)(C(=O)N(C)CCN1CCCC1)C(N)=S. The van der Waals surface area contributed by atoms with Gasteiger partial charge in [-0.15, -0.1) is 0 Å². The van der Waals surface area contributed by atoms with E-state index in [-0.39, 0.29) is 5.91 Å². The van der Waals surface area contributed by atoms with Gasteiger partial charge in [-0.1, -0.05) is 19.1 Å². The molecule has 0 bridgehead atoms. The summed E-state index contributed by atoms with van der Waals surface area (Å²) in [4.78, 5) is 16.8. The van der Waals surface area contributed by atoms with Crippen LogP contribution in [0, 0.1) is 5.41 Å². The van der Waals surface area contributed by atoms with E-state index in [0.29, 0.717) is 11.4 Å². The Kier molecular flexibility index (Phi) is 5.53. The van der Waals surface area contributed by atoms with E-state index in [1.165, 1.54) is 12.8 Å². The Morgan fingerprint density at radius 2 is 2.00 bits per heavy atom. The van der Waals surface area contributed by atoms with Crippen LogP contribution in [0.15, 0.2) is 0 Å². The maximum absolute atomic E-state index is 12.4. The predicted molar refractivity (Wildman–Crippen MR) is 78.5 cm³/mol. The number of thiocarbonyl (C=S) groups is 1. The fourth-order valence-electron chi connectivity index (χ4n) is 2.25. The molecule has 0 saturated carbocycles. The lowest BCUT2D eigenvalue weighted by molar-refractivity contribution is -0.136. The number of amides is 1. The summed E-state index contributed by atoms with van der Waals surface area (Å²) in [5, 5.41) is 0. The van der Waals surface area contributed by atoms with E-state index >= 15 is 0 Å². The van der Waals surface area contributed by atoms with Gasteiger partial charge in [0, 0.05) is 20.1 Å². The summed E-state index contributed by atoms with van der Waals surface area (Å²) in [6.07, 6.45) is 3.20. The maximum Gasteiger partial charge on any atom is 0.235 e. The van der Waals surface area contributed by atoms with Gasteiger partial charge in [0.2, 0.25) is 5.91 Å². The van der Waals surface area contributed by atoms with Crippen LogP contribution in [0.4, 0.5) is 0 Å². The third kappa shape index (κ3) is 3.42. The van der Waals surface area contributed by atoms with E-state index in [1.807, 2.05) is 20.9 Å². The smallest absolute Gasteiger partial charge is 0.235 e. The Labute approximate surface area is 115 Å². The molecule has 1 heterocycles. The maximum atomic E-state index is 12.4. The summed E-state index contributed by atoms with van der Waals surface area (Å²) in [5.41, 5.74) is 5.01. The monoisotopic (exact) mass is 271 g/mol. The Hall–Kier alpha value is -0.680. The highest BCUT2D eigenvalue weighted by Crippen LogP contribution is 2.24. The van der Waals surface area contributed by atoms with Crippen LogP contribution in [0.5, 0.6) is 0 Å². The van der Waals surface area contributed by atoms with Crippen molar-refractivity contribution in [2.24, 2.45) is 11.1 Å². The number of likely N-dealkylation sites (N-methyl/N-ethyl adjacent to an activating group) is 1. The van der Waals surface area contributed by atoms with Crippen LogP contribution in [0.25, 0.3) is 0 Å². The van der Waals surface area contributed by atoms with Gasteiger partial charge < -0.3 is 15.5 Å². The Morgan fingerprint density at radius 1 is 1.44 bits per heavy atom. The summed E-state index contributed by atoms with van der Waals surface area (Å²) < 4.78 is 0. The first-order valence-electron chi connectivity index (χ1n) is 6.69. The molecule has 104 valence electrons. The number of nitrogens with two attached hydrogens (primary N) is 1. The summed E-state index contributed by atoms with van der Waals surface area (Å²) in [7, 11) is 1.84. The fraction of sp³-hybridized carbons (Fsp3) is 0.846. The highest BCUT2D eigenvalue weighted by molar-refractivity contribution is 7.80. The molecule has 0 aromatic carbocycles. The van der Waals surface area contributed by atoms with E-state index < -0.39 is 5.41 Å². The molecule has 5 heteroatoms. The molecule has 0 aromatic rings. The molecule has 1 atom stereocenters. The zero-order valence-electron chi connectivity index (χ0n) is 11.7. The highest BCUT2D eigenvalue weighted by atomic mass is 32.1. The van der Waals surface area contributed by atoms with E-state index in [9.17, 15) is 4.79 Å². The largest absolute Gasteiger partial charge is 0.392 e. The van der Waals surface area contributed by atoms with Crippen LogP contribution in [0.2, 0.25) is 0 Å². The van der Waals surface area contributed by atoms with Crippen LogP contribution in [-0.2, 0) is 4.79 Å². The van der Waals surface area contributed by atoms with Gasteiger partial charge in [0.1, 0.15) is 0 Å². The zero-order chi connectivity index (χ0) is 13.8. The molecule has 2 N–H and O–H groups in total. The van der Waals surface area contributed by atoms with Crippen molar-refractivity contribution in [1.29, 1.82) is 0 Å². The van der Waals surface area contributed by atoms with Crippen molar-refractivity contribution in [3.05, 3.63) is 0 Å². The van der Waals surface area contributed by atoms with Gasteiger partial charge in [0.25, 0.3) is 0 Å². The van der Waals surface area contributed by atoms with Crippen LogP contribution in [-0.4, -0.2) is 53.9 Å². The lowest BCUT2D eigenvalue weighted by Crippen LogP contribution is -2.48. The normalized spacial score (nSPS) is 19.5. The number of carbonyl (C=O) groups excluding carboxylic acids is 1. The van der Waals surface area contributed by atoms with Crippen molar-refractivity contribution in [3.63, 3.8) is 0 Å². The molecular formula is C13H25N3OS. The molecular weight excluding hydrogens is 246 g/mol. The first kappa shape index (κ1) is 15.4. The molecule has 0 aromatic heterocycles. The van der Waals surface area contributed by atoms with Crippen molar-refractivity contribution in [2.75, 3.05) is 33.2 Å². The predicted octanol–water partition coefficient (Wildman–Crippen LogP) is 1.24. The number of hydrogen-bond acceptors (Lipinski definition) is 3. The summed E-state index contributed by atoms with van der Waals surface area (Å²) in [6.45, 7) is 7.79. The number of likely N-dealkylation sites (tertiary alicyclic amines) is 1. The highest BCUT2D eigenvalue weighted by Gasteiger charge is 2.36. The third-order valence-corrected chi connectivity index (χ3v) is 4.47. The van der Waals surface area contributed by atoms with Gasteiger partial charge >= 0.3 is 0 Å². The Bertz CT molecular complexity index is 315. The molecule has 1 aliphatic heterocycles. The topological polar surface area (TPSA) is 49.6 Å². The molecule has 1 fully saturated rings. The van der Waals surface area contributed by atoms with Crippen molar-refractivity contribution >= 4 is 23.1 Å². The first-order chi connectivity index (χ1) is 8.41. The van der Waals surface area contributed by atoms with E-state index in [1.54, 1.807) is 4.90 Å². The van der Waals surface area contributed by atoms with E-state index in [2.05, 4.69) is 4.90 Å². The summed E-state index contributed by atoms with van der Waals surface area (Å²) >= 11 is 5.04. The van der Waals surface area contributed by atoms with Crippen LogP contribution in [0.1, 0.15) is 33.1 Å². The van der Waals surface area contributed by atoms with Gasteiger partial charge in [-0.2, -0.15) is 0 Å². The van der Waals surface area contributed by atoms with Crippen molar-refractivity contribution < 1.29 is 4.79 Å². The molecule has 0 spiro atoms. The lowest BCUT2D eigenvalue weighted by Gasteiger charge is -2.31. The number of rotatable bonds is 6. The standard InChI is InChI=1S/C13H25N3OS/c1-4-13(2,11(14)18)12(17)15(3)9-10-16-7-5-6-8-16/h4-10H2,1-3H3,(H2,14,18). The van der Waals surface area contributed by atoms with Crippen molar-refractivity contribution in [2.45, 2.75) is 33.1 Å². The molecule has 1 unspecified atom stereocenters. The minimum atomic E-state index is -0.699. The quantitative estimate of drug-likeness (QED) is 0.739. The molecule has 0 radical (unpaired) electrons. The Balaban J connectivity index is 2.51. The molecule has 4 nitrogen and oxygen atoms in total. The van der Waals surface area contributed by atoms with Crippen LogP contribution < -0.4 is 5.73 Å². The third-order valence-electron chi connectivity index (χ3n) is 4.02. The minimum Gasteiger partial charge on any atom is -0.392 e. The average molecular weight is 271 g/mol. The number of hydrogen-bond donors (Lipinski definition) is 1. The minimum absolute atomic E-state index is 0.0386. The number of nitrogens with zero attached hydrogens (tertiary/aromatic N) is 2. The lowest BCUT2D eigenvalue weighted by atomic mass is 9.86. The van der Waals surface area contributed by atoms with Crippen molar-refractivity contribution in [1.82, 2.24) is 9.80 Å². The average Bonchev–Trinajstić information content (AvgIpc) is 2.86. The molecule has 1 saturated heterocycles. The van der Waals surface area contributed by atoms with Gasteiger partial charge in [0.05, 0.1) is 10.4 Å². The molecule has 1 amide bonds. The molecule has 1 aliphatic rings. The van der Waals surface area contributed by atoms with Gasteiger partial charge in [-0.25, -0.2) is 0 Å². The first-order valence-corrected chi connectivity index (χ1v) is 7.10. The molecule has 1 rings (SSSR count). The second kappa shape index (κ2) is 6.48. The summed E-state index contributed by atoms with van der Waals surface area (Å²) in [5.74, 6) is 0.0386. The van der Waals surface area contributed by atoms with Crippen LogP contribution >= 0.6 is 12.2 Å². The van der Waals surface area contributed by atoms with Crippen molar-refractivity contribution in [3.8, 4) is 0 Å². The summed E-state index contributed by atoms with van der Waals surface area (Å²) in [6, 6.07) is 0. The molecule has 0 aliphatic carbocycles. The zero-order valence-corrected chi connectivity index (χ0v) is 12.6. The van der Waals surface area contributed by atoms with Crippen LogP contribution in [0.3, 0.4) is 0 Å². The van der Waals surface area contributed by atoms with Gasteiger partial charge in [0.15, 0.2) is 0 Å². The van der Waals surface area contributed by atoms with Gasteiger partial charge in [-0.3, -0.25) is 4.79 Å².